The van der Waals surface area contributed by atoms with Crippen LogP contribution in [0.5, 0.6) is 5.75 Å². The molecule has 0 aromatic heterocycles. The topological polar surface area (TPSA) is 64.4 Å². The molecule has 1 aromatic carbocycles. The Morgan fingerprint density at radius 1 is 1.50 bits per heavy atom. The van der Waals surface area contributed by atoms with Gasteiger partial charge < -0.3 is 15.8 Å². The molecule has 8 heteroatoms. The lowest BCUT2D eigenvalue weighted by Gasteiger charge is -2.37. The molecule has 4 nitrogen and oxygen atoms in total. The third-order valence-corrected chi connectivity index (χ3v) is 4.76. The Kier molecular flexibility index (Phi) is 7.89. The first-order valence-electron chi connectivity index (χ1n) is 7.59. The van der Waals surface area contributed by atoms with E-state index in [1.165, 1.54) is 6.07 Å². The Bertz CT molecular complexity index is 573. The molecule has 0 spiro atoms. The monoisotopic (exact) mass is 426 g/mol. The summed E-state index contributed by atoms with van der Waals surface area (Å²) < 4.78 is 30.1. The predicted octanol–water partition coefficient (Wildman–Crippen LogP) is 4.00. The first-order chi connectivity index (χ1) is 10.8. The lowest BCUT2D eigenvalue weighted by molar-refractivity contribution is -0.128. The van der Waals surface area contributed by atoms with Crippen LogP contribution in [0.15, 0.2) is 22.7 Å². The van der Waals surface area contributed by atoms with E-state index < -0.39 is 12.2 Å². The zero-order valence-electron chi connectivity index (χ0n) is 13.4. The zero-order chi connectivity index (χ0) is 17.0. The van der Waals surface area contributed by atoms with Crippen LogP contribution in [0.1, 0.15) is 38.2 Å². The van der Waals surface area contributed by atoms with Crippen LogP contribution in [0.2, 0.25) is 0 Å². The van der Waals surface area contributed by atoms with Gasteiger partial charge in [-0.3, -0.25) is 4.79 Å². The number of ether oxygens (including phenoxy) is 1. The maximum atomic E-state index is 12.5. The van der Waals surface area contributed by atoms with Crippen LogP contribution in [-0.4, -0.2) is 18.1 Å². The SMILES string of the molecule is CC1(N)CCCCC1C(=O)NCc1cc(Br)ccc1OC(F)F.Cl. The molecule has 1 aliphatic carbocycles. The number of benzene rings is 1. The number of hydrogen-bond donors (Lipinski definition) is 2. The van der Waals surface area contributed by atoms with Gasteiger partial charge in [0.1, 0.15) is 5.75 Å². The van der Waals surface area contributed by atoms with Crippen molar-refractivity contribution in [3.63, 3.8) is 0 Å². The molecule has 136 valence electrons. The number of hydrogen-bond acceptors (Lipinski definition) is 3. The standard InChI is InChI=1S/C16H21BrF2N2O2.ClH/c1-16(20)7-3-2-4-12(16)14(22)21-9-10-8-11(17)5-6-13(10)23-15(18)19;/h5-6,8,12,15H,2-4,7,9,20H2,1H3,(H,21,22);1H. The van der Waals surface area contributed by atoms with Crippen LogP contribution in [0.25, 0.3) is 0 Å². The number of alkyl halides is 2. The minimum atomic E-state index is -2.91. The molecule has 2 unspecified atom stereocenters. The maximum absolute atomic E-state index is 12.5. The Labute approximate surface area is 155 Å². The van der Waals surface area contributed by atoms with Gasteiger partial charge in [0.25, 0.3) is 0 Å². The van der Waals surface area contributed by atoms with Crippen LogP contribution in [-0.2, 0) is 11.3 Å². The highest BCUT2D eigenvalue weighted by molar-refractivity contribution is 9.10. The second-order valence-corrected chi connectivity index (χ2v) is 7.07. The smallest absolute Gasteiger partial charge is 0.387 e. The number of carbonyl (C=O) groups excluding carboxylic acids is 1. The number of halogens is 4. The van der Waals surface area contributed by atoms with Crippen molar-refractivity contribution < 1.29 is 18.3 Å². The van der Waals surface area contributed by atoms with E-state index in [0.29, 0.717) is 5.56 Å². The van der Waals surface area contributed by atoms with Gasteiger partial charge in [0.15, 0.2) is 0 Å². The zero-order valence-corrected chi connectivity index (χ0v) is 15.8. The van der Waals surface area contributed by atoms with Crippen molar-refractivity contribution in [2.75, 3.05) is 0 Å². The lowest BCUT2D eigenvalue weighted by atomic mass is 9.74. The van der Waals surface area contributed by atoms with Gasteiger partial charge in [0, 0.05) is 22.1 Å². The molecule has 24 heavy (non-hydrogen) atoms. The van der Waals surface area contributed by atoms with Gasteiger partial charge in [-0.25, -0.2) is 0 Å². The number of rotatable bonds is 5. The second-order valence-electron chi connectivity index (χ2n) is 6.15. The van der Waals surface area contributed by atoms with Gasteiger partial charge >= 0.3 is 6.61 Å². The van der Waals surface area contributed by atoms with Gasteiger partial charge in [-0.15, -0.1) is 12.4 Å². The minimum absolute atomic E-state index is 0. The molecule has 0 aliphatic heterocycles. The highest BCUT2D eigenvalue weighted by Crippen LogP contribution is 2.32. The van der Waals surface area contributed by atoms with Crippen LogP contribution < -0.4 is 15.8 Å². The molecule has 0 heterocycles. The molecule has 1 aromatic rings. The number of amides is 1. The number of nitrogens with two attached hydrogens (primary N) is 1. The van der Waals surface area contributed by atoms with Crippen molar-refractivity contribution in [3.05, 3.63) is 28.2 Å². The first kappa shape index (κ1) is 21.1. The molecule has 0 saturated heterocycles. The molecule has 1 aliphatic rings. The molecular weight excluding hydrogens is 406 g/mol. The highest BCUT2D eigenvalue weighted by atomic mass is 79.9. The Balaban J connectivity index is 0.00000288. The van der Waals surface area contributed by atoms with Crippen LogP contribution in [0.4, 0.5) is 8.78 Å². The summed E-state index contributed by atoms with van der Waals surface area (Å²) in [4.78, 5) is 12.4. The largest absolute Gasteiger partial charge is 0.434 e. The van der Waals surface area contributed by atoms with Gasteiger partial charge in [0.2, 0.25) is 5.91 Å². The third kappa shape index (κ3) is 5.57. The van der Waals surface area contributed by atoms with E-state index in [-0.39, 0.29) is 36.5 Å². The summed E-state index contributed by atoms with van der Waals surface area (Å²) in [7, 11) is 0. The third-order valence-electron chi connectivity index (χ3n) is 4.26. The van der Waals surface area contributed by atoms with E-state index in [1.54, 1.807) is 12.1 Å². The summed E-state index contributed by atoms with van der Waals surface area (Å²) in [6.45, 7) is -0.899. The lowest BCUT2D eigenvalue weighted by Crippen LogP contribution is -2.52. The second kappa shape index (κ2) is 8.97. The summed E-state index contributed by atoms with van der Waals surface area (Å²) in [5.74, 6) is -0.344. The van der Waals surface area contributed by atoms with Crippen LogP contribution >= 0.6 is 28.3 Å². The average Bonchev–Trinajstić information content (AvgIpc) is 2.46. The van der Waals surface area contributed by atoms with E-state index >= 15 is 0 Å². The van der Waals surface area contributed by atoms with Gasteiger partial charge in [0.05, 0.1) is 5.92 Å². The summed E-state index contributed by atoms with van der Waals surface area (Å²) >= 11 is 3.29. The van der Waals surface area contributed by atoms with E-state index in [9.17, 15) is 13.6 Å². The molecule has 1 fully saturated rings. The number of nitrogens with one attached hydrogen (secondary N) is 1. The van der Waals surface area contributed by atoms with Crippen LogP contribution in [0, 0.1) is 5.92 Å². The fraction of sp³-hybridized carbons (Fsp3) is 0.562. The average molecular weight is 428 g/mol. The Morgan fingerprint density at radius 3 is 2.83 bits per heavy atom. The Hall–Kier alpha value is -0.920. The highest BCUT2D eigenvalue weighted by Gasteiger charge is 2.37. The summed E-state index contributed by atoms with van der Waals surface area (Å²) in [5, 5.41) is 2.80. The fourth-order valence-corrected chi connectivity index (χ4v) is 3.40. The molecule has 2 rings (SSSR count). The van der Waals surface area contributed by atoms with Gasteiger partial charge in [-0.05, 0) is 38.0 Å². The molecule has 0 bridgehead atoms. The summed E-state index contributed by atoms with van der Waals surface area (Å²) in [6, 6.07) is 4.72. The molecule has 1 saturated carbocycles. The maximum Gasteiger partial charge on any atom is 0.387 e. The predicted molar refractivity (Wildman–Crippen MR) is 94.4 cm³/mol. The van der Waals surface area contributed by atoms with E-state index in [0.717, 1.165) is 30.2 Å². The van der Waals surface area contributed by atoms with Crippen molar-refractivity contribution in [1.29, 1.82) is 0 Å². The Morgan fingerprint density at radius 2 is 2.21 bits per heavy atom. The fourth-order valence-electron chi connectivity index (χ4n) is 2.99. The normalized spacial score (nSPS) is 23.5. The molecular formula is C16H22BrClF2N2O2. The molecule has 1 amide bonds. The van der Waals surface area contributed by atoms with E-state index in [4.69, 9.17) is 5.73 Å². The van der Waals surface area contributed by atoms with Crippen molar-refractivity contribution in [1.82, 2.24) is 5.32 Å². The molecule has 2 atom stereocenters. The van der Waals surface area contributed by atoms with E-state index in [2.05, 4.69) is 26.0 Å². The van der Waals surface area contributed by atoms with Crippen LogP contribution in [0.3, 0.4) is 0 Å². The molecule has 0 radical (unpaired) electrons. The van der Waals surface area contributed by atoms with Gasteiger partial charge in [-0.1, -0.05) is 28.8 Å². The van der Waals surface area contributed by atoms with E-state index in [1.807, 2.05) is 6.92 Å². The van der Waals surface area contributed by atoms with Crippen molar-refractivity contribution in [3.8, 4) is 5.75 Å². The summed E-state index contributed by atoms with van der Waals surface area (Å²) in [5.41, 5.74) is 6.18. The summed E-state index contributed by atoms with van der Waals surface area (Å²) in [6.07, 6.45) is 3.55. The quantitative estimate of drug-likeness (QED) is 0.746. The van der Waals surface area contributed by atoms with Crippen molar-refractivity contribution >= 4 is 34.2 Å². The first-order valence-corrected chi connectivity index (χ1v) is 8.39. The molecule has 3 N–H and O–H groups in total. The number of carbonyl (C=O) groups is 1. The minimum Gasteiger partial charge on any atom is -0.434 e. The van der Waals surface area contributed by atoms with Crippen molar-refractivity contribution in [2.24, 2.45) is 11.7 Å². The van der Waals surface area contributed by atoms with Crippen molar-refractivity contribution in [2.45, 2.75) is 51.3 Å². The van der Waals surface area contributed by atoms with Gasteiger partial charge in [-0.2, -0.15) is 8.78 Å².